The molecule has 166 valence electrons. The van der Waals surface area contributed by atoms with Crippen molar-refractivity contribution in [3.05, 3.63) is 35.4 Å². The van der Waals surface area contributed by atoms with E-state index in [-0.39, 0.29) is 24.0 Å². The molecule has 1 aromatic rings. The van der Waals surface area contributed by atoms with Crippen LogP contribution in [-0.2, 0) is 22.6 Å². The van der Waals surface area contributed by atoms with Crippen LogP contribution in [0.25, 0.3) is 0 Å². The summed E-state index contributed by atoms with van der Waals surface area (Å²) in [6.45, 7) is 10.2. The van der Waals surface area contributed by atoms with Gasteiger partial charge in [-0.2, -0.15) is 0 Å². The molecule has 0 bridgehead atoms. The van der Waals surface area contributed by atoms with Crippen LogP contribution < -0.4 is 10.6 Å². The molecule has 6 nitrogen and oxygen atoms in total. The summed E-state index contributed by atoms with van der Waals surface area (Å²) in [7, 11) is 1.69. The van der Waals surface area contributed by atoms with Crippen molar-refractivity contribution in [2.75, 3.05) is 53.1 Å². The zero-order valence-corrected chi connectivity index (χ0v) is 20.5. The van der Waals surface area contributed by atoms with Gasteiger partial charge < -0.3 is 20.1 Å². The minimum atomic E-state index is 0. The first-order valence-corrected chi connectivity index (χ1v) is 10.7. The van der Waals surface area contributed by atoms with Crippen molar-refractivity contribution >= 4 is 29.9 Å². The summed E-state index contributed by atoms with van der Waals surface area (Å²) in [5.74, 6) is 0.879. The van der Waals surface area contributed by atoms with Crippen molar-refractivity contribution in [3.8, 4) is 0 Å². The molecule has 1 fully saturated rings. The van der Waals surface area contributed by atoms with Gasteiger partial charge in [0, 0.05) is 33.4 Å². The Morgan fingerprint density at radius 3 is 2.41 bits per heavy atom. The second-order valence-electron chi connectivity index (χ2n) is 7.23. The van der Waals surface area contributed by atoms with Crippen molar-refractivity contribution in [1.82, 2.24) is 15.5 Å². The van der Waals surface area contributed by atoms with Crippen molar-refractivity contribution in [1.29, 1.82) is 0 Å². The lowest BCUT2D eigenvalue weighted by Gasteiger charge is -2.14. The summed E-state index contributed by atoms with van der Waals surface area (Å²) in [4.78, 5) is 7.24. The number of unbranched alkanes of at least 4 members (excludes halogenated alkanes) is 1. The normalized spacial score (nSPS) is 14.6. The smallest absolute Gasteiger partial charge is 0.191 e. The molecule has 1 heterocycles. The number of hydrogen-bond donors (Lipinski definition) is 2. The second-order valence-corrected chi connectivity index (χ2v) is 7.23. The van der Waals surface area contributed by atoms with Gasteiger partial charge in [0.1, 0.15) is 0 Å². The number of halogens is 1. The van der Waals surface area contributed by atoms with Gasteiger partial charge in [0.2, 0.25) is 0 Å². The van der Waals surface area contributed by atoms with Crippen molar-refractivity contribution in [3.63, 3.8) is 0 Å². The van der Waals surface area contributed by atoms with E-state index in [4.69, 9.17) is 14.5 Å². The lowest BCUT2D eigenvalue weighted by molar-refractivity contribution is 0.0689. The number of benzene rings is 1. The lowest BCUT2D eigenvalue weighted by Crippen LogP contribution is -2.37. The molecule has 0 aliphatic carbocycles. The minimum Gasteiger partial charge on any atom is -0.382 e. The molecule has 0 saturated carbocycles. The van der Waals surface area contributed by atoms with Gasteiger partial charge in [-0.15, -0.1) is 24.0 Å². The molecule has 1 saturated heterocycles. The molecular weight excluding hydrogens is 479 g/mol. The molecule has 7 heteroatoms. The third-order valence-corrected chi connectivity index (χ3v) is 4.83. The van der Waals surface area contributed by atoms with Gasteiger partial charge in [-0.1, -0.05) is 24.3 Å². The van der Waals surface area contributed by atoms with E-state index >= 15 is 0 Å². The first kappa shape index (κ1) is 26.1. The van der Waals surface area contributed by atoms with E-state index < -0.39 is 0 Å². The van der Waals surface area contributed by atoms with Gasteiger partial charge in [-0.3, -0.25) is 4.90 Å². The predicted molar refractivity (Wildman–Crippen MR) is 131 cm³/mol. The van der Waals surface area contributed by atoms with Crippen LogP contribution in [0.3, 0.4) is 0 Å². The van der Waals surface area contributed by atoms with E-state index in [0.29, 0.717) is 19.8 Å². The maximum atomic E-state index is 5.48. The number of rotatable bonds is 13. The standard InChI is InChI=1S/C22H38N4O2.HI/c1-3-23-22(24-12-4-7-15-28-17-16-27-2)25-18-20-8-10-21(11-9-20)19-26-13-5-6-14-26;/h8-11H,3-7,12-19H2,1-2H3,(H2,23,24,25);1H. The number of nitrogens with zero attached hydrogens (tertiary/aromatic N) is 2. The minimum absolute atomic E-state index is 0. The first-order valence-electron chi connectivity index (χ1n) is 10.7. The first-order chi connectivity index (χ1) is 13.8. The van der Waals surface area contributed by atoms with Gasteiger partial charge >= 0.3 is 0 Å². The van der Waals surface area contributed by atoms with Gasteiger partial charge in [0.25, 0.3) is 0 Å². The fraction of sp³-hybridized carbons (Fsp3) is 0.682. The third-order valence-electron chi connectivity index (χ3n) is 4.83. The van der Waals surface area contributed by atoms with Crippen LogP contribution in [0.2, 0.25) is 0 Å². The van der Waals surface area contributed by atoms with Gasteiger partial charge in [0.15, 0.2) is 5.96 Å². The zero-order chi connectivity index (χ0) is 19.9. The Kier molecular flexibility index (Phi) is 15.2. The van der Waals surface area contributed by atoms with E-state index in [0.717, 1.165) is 45.0 Å². The van der Waals surface area contributed by atoms with Crippen molar-refractivity contribution < 1.29 is 9.47 Å². The number of ether oxygens (including phenoxy) is 2. The van der Waals surface area contributed by atoms with Gasteiger partial charge in [-0.25, -0.2) is 4.99 Å². The van der Waals surface area contributed by atoms with Crippen LogP contribution in [0.4, 0.5) is 0 Å². The molecule has 0 atom stereocenters. The van der Waals surface area contributed by atoms with Crippen molar-refractivity contribution in [2.24, 2.45) is 4.99 Å². The highest BCUT2D eigenvalue weighted by Gasteiger charge is 2.11. The number of aliphatic imine (C=N–C) groups is 1. The predicted octanol–water partition coefficient (Wildman–Crippen LogP) is 3.40. The van der Waals surface area contributed by atoms with Gasteiger partial charge in [-0.05, 0) is 56.8 Å². The molecule has 0 aromatic heterocycles. The SMILES string of the molecule is CCNC(=NCc1ccc(CN2CCCC2)cc1)NCCCCOCCOC.I. The molecule has 0 amide bonds. The second kappa shape index (κ2) is 16.8. The monoisotopic (exact) mass is 518 g/mol. The molecule has 2 N–H and O–H groups in total. The van der Waals surface area contributed by atoms with Crippen LogP contribution in [0.1, 0.15) is 43.7 Å². The number of guanidine groups is 1. The van der Waals surface area contributed by atoms with Crippen LogP contribution in [0, 0.1) is 0 Å². The van der Waals surface area contributed by atoms with Crippen LogP contribution in [-0.4, -0.2) is 64.0 Å². The topological polar surface area (TPSA) is 58.1 Å². The van der Waals surface area contributed by atoms with E-state index in [1.54, 1.807) is 7.11 Å². The average Bonchev–Trinajstić information content (AvgIpc) is 3.22. The molecule has 0 unspecified atom stereocenters. The fourth-order valence-electron chi connectivity index (χ4n) is 3.24. The average molecular weight is 518 g/mol. The molecule has 1 aromatic carbocycles. The number of methoxy groups -OCH3 is 1. The third kappa shape index (κ3) is 11.8. The molecule has 1 aliphatic heterocycles. The maximum absolute atomic E-state index is 5.48. The molecular formula is C22H39IN4O2. The van der Waals surface area contributed by atoms with Gasteiger partial charge in [0.05, 0.1) is 19.8 Å². The number of hydrogen-bond acceptors (Lipinski definition) is 4. The van der Waals surface area contributed by atoms with E-state index in [2.05, 4.69) is 46.7 Å². The Bertz CT molecular complexity index is 548. The summed E-state index contributed by atoms with van der Waals surface area (Å²) in [5, 5.41) is 6.72. The highest BCUT2D eigenvalue weighted by Crippen LogP contribution is 2.13. The molecule has 29 heavy (non-hydrogen) atoms. The highest BCUT2D eigenvalue weighted by atomic mass is 127. The quantitative estimate of drug-likeness (QED) is 0.182. The van der Waals surface area contributed by atoms with Crippen molar-refractivity contribution in [2.45, 2.75) is 45.7 Å². The van der Waals surface area contributed by atoms with E-state index in [9.17, 15) is 0 Å². The fourth-order valence-corrected chi connectivity index (χ4v) is 3.24. The Balaban J connectivity index is 0.00000420. The molecule has 0 radical (unpaired) electrons. The molecule has 1 aliphatic rings. The van der Waals surface area contributed by atoms with Crippen LogP contribution >= 0.6 is 24.0 Å². The zero-order valence-electron chi connectivity index (χ0n) is 18.1. The Morgan fingerprint density at radius 2 is 1.72 bits per heavy atom. The Hall–Kier alpha value is -0.900. The highest BCUT2D eigenvalue weighted by molar-refractivity contribution is 14.0. The Labute approximate surface area is 193 Å². The summed E-state index contributed by atoms with van der Waals surface area (Å²) in [5.41, 5.74) is 2.64. The number of likely N-dealkylation sites (tertiary alicyclic amines) is 1. The summed E-state index contributed by atoms with van der Waals surface area (Å²) in [6, 6.07) is 8.89. The van der Waals surface area contributed by atoms with Crippen LogP contribution in [0.15, 0.2) is 29.3 Å². The van der Waals surface area contributed by atoms with Crippen LogP contribution in [0.5, 0.6) is 0 Å². The summed E-state index contributed by atoms with van der Waals surface area (Å²) >= 11 is 0. The summed E-state index contributed by atoms with van der Waals surface area (Å²) < 4.78 is 10.4. The summed E-state index contributed by atoms with van der Waals surface area (Å²) in [6.07, 6.45) is 4.78. The lowest BCUT2D eigenvalue weighted by atomic mass is 10.1. The Morgan fingerprint density at radius 1 is 1.00 bits per heavy atom. The number of nitrogens with one attached hydrogen (secondary N) is 2. The molecule has 2 rings (SSSR count). The van der Waals surface area contributed by atoms with E-state index in [1.165, 1.54) is 37.1 Å². The largest absolute Gasteiger partial charge is 0.382 e. The molecule has 0 spiro atoms. The maximum Gasteiger partial charge on any atom is 0.191 e. The van der Waals surface area contributed by atoms with E-state index in [1.807, 2.05) is 0 Å².